The number of rotatable bonds is 7. The van der Waals surface area contributed by atoms with Crippen LogP contribution in [-0.2, 0) is 20.2 Å². The number of carbonyl (C=O) groups is 1. The molecular formula is C26H27F3N2O6S. The largest absolute Gasteiger partial charge is 0.573 e. The predicted molar refractivity (Wildman–Crippen MR) is 136 cm³/mol. The minimum atomic E-state index is -5.10. The number of benzene rings is 3. The number of anilines is 1. The molecule has 2 N–H and O–H groups in total. The fraction of sp³-hybridized carbons (Fsp3) is 0.269. The normalized spacial score (nSPS) is 15.7. The van der Waals surface area contributed by atoms with Crippen molar-refractivity contribution in [2.24, 2.45) is 0 Å². The van der Waals surface area contributed by atoms with Gasteiger partial charge in [0.15, 0.2) is 11.5 Å². The van der Waals surface area contributed by atoms with E-state index in [2.05, 4.69) is 10.1 Å². The Balaban J connectivity index is 0.00000220. The van der Waals surface area contributed by atoms with E-state index in [1.165, 1.54) is 6.07 Å². The summed E-state index contributed by atoms with van der Waals surface area (Å²) in [5.41, 5.74) is 2.00. The summed E-state index contributed by atoms with van der Waals surface area (Å²) in [4.78, 5) is 12.7. The van der Waals surface area contributed by atoms with E-state index in [4.69, 9.17) is 9.47 Å². The summed E-state index contributed by atoms with van der Waals surface area (Å²) in [5.74, 6) is 0.121. The lowest BCUT2D eigenvalue weighted by Crippen LogP contribution is -2.27. The van der Waals surface area contributed by atoms with Crippen molar-refractivity contribution in [2.75, 3.05) is 19.2 Å². The molecule has 1 fully saturated rings. The van der Waals surface area contributed by atoms with Crippen molar-refractivity contribution in [1.82, 2.24) is 4.72 Å². The summed E-state index contributed by atoms with van der Waals surface area (Å²) in [7, 11) is -3.13. The zero-order chi connectivity index (χ0) is 27.3. The predicted octanol–water partition coefficient (Wildman–Crippen LogP) is 5.36. The van der Waals surface area contributed by atoms with Crippen LogP contribution in [0, 0.1) is 6.92 Å². The minimum absolute atomic E-state index is 0. The average molecular weight is 553 g/mol. The third kappa shape index (κ3) is 4.88. The standard InChI is InChI=1S/C26H23F3N2O6S.2H2/c1-15-3-6-18(31-24(32)25(9-10-25)17-5-7-20-21(12-17)36-14-35-20)13-19(15)16-4-8-23(38(33,34)30-2)22(11-16)37-26(27,28)29;;/h3-8,11-13,30H,9-10,14H2,1-2H3,(H,31,32);2*1H. The van der Waals surface area contributed by atoms with Gasteiger partial charge in [0.05, 0.1) is 5.41 Å². The van der Waals surface area contributed by atoms with Crippen molar-refractivity contribution in [2.45, 2.75) is 36.4 Å². The van der Waals surface area contributed by atoms with Crippen molar-refractivity contribution in [1.29, 1.82) is 0 Å². The number of sulfonamides is 1. The highest BCUT2D eigenvalue weighted by Crippen LogP contribution is 2.51. The molecule has 12 heteroatoms. The van der Waals surface area contributed by atoms with Gasteiger partial charge in [-0.25, -0.2) is 13.1 Å². The van der Waals surface area contributed by atoms with Gasteiger partial charge in [0, 0.05) is 8.54 Å². The Hall–Kier alpha value is -3.77. The van der Waals surface area contributed by atoms with Crippen LogP contribution < -0.4 is 24.2 Å². The highest BCUT2D eigenvalue weighted by atomic mass is 32.2. The van der Waals surface area contributed by atoms with Crippen LogP contribution in [0.1, 0.15) is 26.8 Å². The molecule has 2 aliphatic rings. The zero-order valence-corrected chi connectivity index (χ0v) is 21.1. The maximum atomic E-state index is 13.3. The van der Waals surface area contributed by atoms with Crippen LogP contribution in [0.15, 0.2) is 59.5 Å². The number of amides is 1. The molecule has 0 bridgehead atoms. The van der Waals surface area contributed by atoms with Gasteiger partial charge >= 0.3 is 6.36 Å². The lowest BCUT2D eigenvalue weighted by Gasteiger charge is -2.18. The van der Waals surface area contributed by atoms with Crippen LogP contribution >= 0.6 is 0 Å². The van der Waals surface area contributed by atoms with E-state index in [0.717, 1.165) is 24.7 Å². The average Bonchev–Trinajstić information content (AvgIpc) is 3.54. The molecule has 1 aliphatic heterocycles. The SMILES string of the molecule is CNS(=O)(=O)c1ccc(-c2cc(NC(=O)C3(c4ccc5c(c4)OCO5)CC3)ccc2C)cc1OC(F)(F)F.[HH].[HH]. The Labute approximate surface area is 219 Å². The molecule has 38 heavy (non-hydrogen) atoms. The molecule has 0 aromatic heterocycles. The van der Waals surface area contributed by atoms with Gasteiger partial charge in [-0.3, -0.25) is 4.79 Å². The summed E-state index contributed by atoms with van der Waals surface area (Å²) in [6.45, 7) is 1.88. The van der Waals surface area contributed by atoms with Gasteiger partial charge < -0.3 is 19.5 Å². The van der Waals surface area contributed by atoms with E-state index in [9.17, 15) is 26.4 Å². The van der Waals surface area contributed by atoms with Crippen LogP contribution in [0.4, 0.5) is 18.9 Å². The van der Waals surface area contributed by atoms with Crippen molar-refractivity contribution >= 4 is 21.6 Å². The van der Waals surface area contributed by atoms with Gasteiger partial charge in [-0.1, -0.05) is 18.2 Å². The number of carbonyl (C=O) groups excluding carboxylic acids is 1. The summed E-state index contributed by atoms with van der Waals surface area (Å²) in [5, 5.41) is 2.92. The smallest absolute Gasteiger partial charge is 0.454 e. The topological polar surface area (TPSA) is 103 Å². The molecule has 204 valence electrons. The van der Waals surface area contributed by atoms with Crippen LogP contribution in [0.5, 0.6) is 17.2 Å². The second-order valence-electron chi connectivity index (χ2n) is 9.05. The van der Waals surface area contributed by atoms with Gasteiger partial charge in [-0.15, -0.1) is 13.2 Å². The second-order valence-corrected chi connectivity index (χ2v) is 10.9. The molecule has 0 saturated heterocycles. The maximum absolute atomic E-state index is 13.3. The van der Waals surface area contributed by atoms with Crippen LogP contribution in [0.3, 0.4) is 0 Å². The van der Waals surface area contributed by atoms with Crippen LogP contribution in [-0.4, -0.2) is 34.5 Å². The summed E-state index contributed by atoms with van der Waals surface area (Å²) in [6, 6.07) is 13.9. The molecule has 1 saturated carbocycles. The molecule has 0 atom stereocenters. The molecular weight excluding hydrogens is 525 g/mol. The first-order chi connectivity index (χ1) is 17.9. The van der Waals surface area contributed by atoms with Crippen molar-refractivity contribution < 1.29 is 43.4 Å². The van der Waals surface area contributed by atoms with E-state index in [-0.39, 0.29) is 21.1 Å². The monoisotopic (exact) mass is 552 g/mol. The first-order valence-electron chi connectivity index (χ1n) is 11.6. The quantitative estimate of drug-likeness (QED) is 0.409. The third-order valence-electron chi connectivity index (χ3n) is 6.64. The van der Waals surface area contributed by atoms with Gasteiger partial charge in [0.1, 0.15) is 10.6 Å². The Morgan fingerprint density at radius 1 is 1.03 bits per heavy atom. The van der Waals surface area contributed by atoms with Gasteiger partial charge in [-0.2, -0.15) is 0 Å². The van der Waals surface area contributed by atoms with Crippen molar-refractivity contribution in [3.8, 4) is 28.4 Å². The maximum Gasteiger partial charge on any atom is 0.573 e. The zero-order valence-electron chi connectivity index (χ0n) is 20.3. The van der Waals surface area contributed by atoms with E-state index in [1.807, 2.05) is 10.8 Å². The first-order valence-corrected chi connectivity index (χ1v) is 13.1. The van der Waals surface area contributed by atoms with E-state index in [0.29, 0.717) is 41.2 Å². The molecule has 1 heterocycles. The highest BCUT2D eigenvalue weighted by molar-refractivity contribution is 7.89. The lowest BCUT2D eigenvalue weighted by molar-refractivity contribution is -0.275. The van der Waals surface area contributed by atoms with Crippen LogP contribution in [0.25, 0.3) is 11.1 Å². The molecule has 8 nitrogen and oxygen atoms in total. The van der Waals surface area contributed by atoms with Gasteiger partial charge in [-0.05, 0) is 85.5 Å². The van der Waals surface area contributed by atoms with Crippen molar-refractivity contribution in [3.63, 3.8) is 0 Å². The molecule has 5 rings (SSSR count). The molecule has 3 aromatic rings. The number of ether oxygens (including phenoxy) is 3. The third-order valence-corrected chi connectivity index (χ3v) is 8.10. The van der Waals surface area contributed by atoms with E-state index in [1.54, 1.807) is 37.3 Å². The number of aryl methyl sites for hydroxylation is 1. The number of hydrogen-bond donors (Lipinski definition) is 2. The van der Waals surface area contributed by atoms with E-state index < -0.39 is 32.4 Å². The minimum Gasteiger partial charge on any atom is -0.454 e. The van der Waals surface area contributed by atoms with E-state index >= 15 is 0 Å². The Morgan fingerprint density at radius 2 is 1.76 bits per heavy atom. The fourth-order valence-corrected chi connectivity index (χ4v) is 5.27. The summed E-state index contributed by atoms with van der Waals surface area (Å²) in [6.07, 6.45) is -3.80. The molecule has 0 radical (unpaired) electrons. The van der Waals surface area contributed by atoms with Gasteiger partial charge in [0.25, 0.3) is 0 Å². The highest BCUT2D eigenvalue weighted by Gasteiger charge is 2.51. The molecule has 1 aliphatic carbocycles. The molecule has 0 unspecified atom stereocenters. The first kappa shape index (κ1) is 25.9. The fourth-order valence-electron chi connectivity index (χ4n) is 4.44. The number of hydrogen-bond acceptors (Lipinski definition) is 6. The molecule has 3 aromatic carbocycles. The Morgan fingerprint density at radius 3 is 2.45 bits per heavy atom. The molecule has 0 spiro atoms. The number of fused-ring (bicyclic) bond motifs is 1. The number of nitrogens with one attached hydrogen (secondary N) is 2. The lowest BCUT2D eigenvalue weighted by atomic mass is 9.94. The summed E-state index contributed by atoms with van der Waals surface area (Å²) >= 11 is 0. The second kappa shape index (κ2) is 9.21. The van der Waals surface area contributed by atoms with Crippen molar-refractivity contribution in [3.05, 3.63) is 65.7 Å². The number of halogens is 3. The number of alkyl halides is 3. The summed E-state index contributed by atoms with van der Waals surface area (Å²) < 4.78 is 80.5. The Bertz CT molecular complexity index is 1550. The van der Waals surface area contributed by atoms with Gasteiger partial charge in [0.2, 0.25) is 22.7 Å². The molecule has 1 amide bonds. The Kier molecular flexibility index (Phi) is 6.27. The van der Waals surface area contributed by atoms with Crippen LogP contribution in [0.2, 0.25) is 0 Å².